The van der Waals surface area contributed by atoms with E-state index in [1.807, 2.05) is 18.2 Å². The van der Waals surface area contributed by atoms with Crippen LogP contribution < -0.4 is 11.5 Å². The van der Waals surface area contributed by atoms with Gasteiger partial charge in [0.2, 0.25) is 0 Å². The third kappa shape index (κ3) is 5.42. The topological polar surface area (TPSA) is 102 Å². The predicted octanol–water partition coefficient (Wildman–Crippen LogP) is 0.534. The van der Waals surface area contributed by atoms with E-state index in [4.69, 9.17) is 16.6 Å². The van der Waals surface area contributed by atoms with E-state index >= 15 is 0 Å². The Morgan fingerprint density at radius 3 is 2.71 bits per heavy atom. The highest BCUT2D eigenvalue weighted by atomic mass is 16.4. The second-order valence-corrected chi connectivity index (χ2v) is 4.16. The second kappa shape index (κ2) is 6.98. The van der Waals surface area contributed by atoms with Crippen LogP contribution in [0.3, 0.4) is 0 Å². The number of aromatic nitrogens is 1. The van der Waals surface area contributed by atoms with Crippen LogP contribution in [0.4, 0.5) is 0 Å². The molecule has 0 fully saturated rings. The van der Waals surface area contributed by atoms with Crippen molar-refractivity contribution in [2.75, 3.05) is 0 Å². The molecule has 94 valence electrons. The van der Waals surface area contributed by atoms with Crippen LogP contribution >= 0.6 is 0 Å². The van der Waals surface area contributed by atoms with Gasteiger partial charge < -0.3 is 16.6 Å². The predicted molar refractivity (Wildman–Crippen MR) is 65.4 cm³/mol. The van der Waals surface area contributed by atoms with Gasteiger partial charge in [-0.3, -0.25) is 9.78 Å². The molecule has 0 spiro atoms. The summed E-state index contributed by atoms with van der Waals surface area (Å²) in [6, 6.07) is 4.95. The summed E-state index contributed by atoms with van der Waals surface area (Å²) in [5.41, 5.74) is 12.3. The Morgan fingerprint density at radius 1 is 1.35 bits per heavy atom. The van der Waals surface area contributed by atoms with Crippen LogP contribution in [0.15, 0.2) is 24.4 Å². The van der Waals surface area contributed by atoms with Crippen molar-refractivity contribution in [1.82, 2.24) is 4.98 Å². The molecule has 1 aromatic heterocycles. The fourth-order valence-corrected chi connectivity index (χ4v) is 1.61. The van der Waals surface area contributed by atoms with Crippen LogP contribution in [-0.2, 0) is 11.2 Å². The summed E-state index contributed by atoms with van der Waals surface area (Å²) in [7, 11) is 0. The van der Waals surface area contributed by atoms with Crippen LogP contribution in [0, 0.1) is 0 Å². The molecule has 1 heterocycles. The molecule has 0 aliphatic heterocycles. The number of carboxylic acid groups (broad SMARTS) is 1. The summed E-state index contributed by atoms with van der Waals surface area (Å²) in [6.07, 6.45) is 4.40. The van der Waals surface area contributed by atoms with E-state index in [0.717, 1.165) is 18.5 Å². The Morgan fingerprint density at radius 2 is 2.12 bits per heavy atom. The smallest absolute Gasteiger partial charge is 0.320 e. The first-order valence-electron chi connectivity index (χ1n) is 5.73. The molecule has 5 N–H and O–H groups in total. The standard InChI is InChI=1S/C12H19N3O2/c13-9(4-3-6-11(14)12(16)17)8-10-5-1-2-7-15-10/h1-2,5,7,9,11H,3-4,6,8,13-14H2,(H,16,17)/t9?,11-/m0/s1. The third-order valence-electron chi connectivity index (χ3n) is 2.60. The first kappa shape index (κ1) is 13.6. The lowest BCUT2D eigenvalue weighted by Crippen LogP contribution is -2.31. The molecule has 2 atom stereocenters. The minimum atomic E-state index is -0.955. The number of rotatable bonds is 7. The zero-order chi connectivity index (χ0) is 12.7. The van der Waals surface area contributed by atoms with Gasteiger partial charge in [-0.2, -0.15) is 0 Å². The number of nitrogens with two attached hydrogens (primary N) is 2. The molecular formula is C12H19N3O2. The molecule has 0 saturated heterocycles. The van der Waals surface area contributed by atoms with Crippen molar-refractivity contribution in [2.45, 2.75) is 37.8 Å². The van der Waals surface area contributed by atoms with Crippen molar-refractivity contribution in [1.29, 1.82) is 0 Å². The van der Waals surface area contributed by atoms with Crippen LogP contribution in [-0.4, -0.2) is 28.1 Å². The molecule has 0 radical (unpaired) electrons. The number of nitrogens with zero attached hydrogens (tertiary/aromatic N) is 1. The Bertz CT molecular complexity index is 343. The molecule has 17 heavy (non-hydrogen) atoms. The summed E-state index contributed by atoms with van der Waals surface area (Å²) < 4.78 is 0. The van der Waals surface area contributed by atoms with Crippen LogP contribution in [0.1, 0.15) is 25.0 Å². The molecule has 0 aliphatic carbocycles. The molecule has 1 rings (SSSR count). The van der Waals surface area contributed by atoms with E-state index < -0.39 is 12.0 Å². The highest BCUT2D eigenvalue weighted by molar-refractivity contribution is 5.72. The van der Waals surface area contributed by atoms with Crippen LogP contribution in [0.25, 0.3) is 0 Å². The van der Waals surface area contributed by atoms with Gasteiger partial charge in [-0.25, -0.2) is 0 Å². The zero-order valence-electron chi connectivity index (χ0n) is 9.75. The largest absolute Gasteiger partial charge is 0.480 e. The van der Waals surface area contributed by atoms with E-state index in [2.05, 4.69) is 4.98 Å². The maximum atomic E-state index is 10.5. The summed E-state index contributed by atoms with van der Waals surface area (Å²) in [5, 5.41) is 8.62. The van der Waals surface area contributed by atoms with Gasteiger partial charge in [-0.15, -0.1) is 0 Å². The lowest BCUT2D eigenvalue weighted by molar-refractivity contribution is -0.138. The number of aliphatic carboxylic acids is 1. The van der Waals surface area contributed by atoms with Gasteiger partial charge in [0.1, 0.15) is 6.04 Å². The molecule has 0 saturated carbocycles. The molecule has 0 aromatic carbocycles. The maximum absolute atomic E-state index is 10.5. The molecule has 5 nitrogen and oxygen atoms in total. The van der Waals surface area contributed by atoms with E-state index in [0.29, 0.717) is 12.8 Å². The minimum absolute atomic E-state index is 0.00546. The Hall–Kier alpha value is -1.46. The fourth-order valence-electron chi connectivity index (χ4n) is 1.61. The molecule has 5 heteroatoms. The SMILES string of the molecule is NC(CCC[C@H](N)C(=O)O)Cc1ccccn1. The van der Waals surface area contributed by atoms with Crippen molar-refractivity contribution in [3.63, 3.8) is 0 Å². The van der Waals surface area contributed by atoms with Crippen molar-refractivity contribution in [2.24, 2.45) is 11.5 Å². The lowest BCUT2D eigenvalue weighted by Gasteiger charge is -2.12. The minimum Gasteiger partial charge on any atom is -0.480 e. The van der Waals surface area contributed by atoms with Crippen LogP contribution in [0.5, 0.6) is 0 Å². The average molecular weight is 237 g/mol. The van der Waals surface area contributed by atoms with Crippen LogP contribution in [0.2, 0.25) is 0 Å². The van der Waals surface area contributed by atoms with Gasteiger partial charge in [0.25, 0.3) is 0 Å². The van der Waals surface area contributed by atoms with Gasteiger partial charge in [0, 0.05) is 24.4 Å². The summed E-state index contributed by atoms with van der Waals surface area (Å²) in [5.74, 6) is -0.955. The van der Waals surface area contributed by atoms with Crippen molar-refractivity contribution in [3.05, 3.63) is 30.1 Å². The monoisotopic (exact) mass is 237 g/mol. The number of hydrogen-bond acceptors (Lipinski definition) is 4. The quantitative estimate of drug-likeness (QED) is 0.642. The molecular weight excluding hydrogens is 218 g/mol. The summed E-state index contributed by atoms with van der Waals surface area (Å²) in [6.45, 7) is 0. The normalized spacial score (nSPS) is 14.2. The van der Waals surface area contributed by atoms with Crippen molar-refractivity contribution < 1.29 is 9.90 Å². The van der Waals surface area contributed by atoms with Gasteiger partial charge >= 0.3 is 5.97 Å². The van der Waals surface area contributed by atoms with E-state index in [9.17, 15) is 4.79 Å². The number of pyridine rings is 1. The number of carboxylic acids is 1. The lowest BCUT2D eigenvalue weighted by atomic mass is 10.0. The maximum Gasteiger partial charge on any atom is 0.320 e. The van der Waals surface area contributed by atoms with Gasteiger partial charge in [0.05, 0.1) is 0 Å². The second-order valence-electron chi connectivity index (χ2n) is 4.16. The molecule has 0 amide bonds. The Labute approximate surface area is 101 Å². The molecule has 0 aliphatic rings. The zero-order valence-corrected chi connectivity index (χ0v) is 9.75. The number of hydrogen-bond donors (Lipinski definition) is 3. The first-order chi connectivity index (χ1) is 8.09. The molecule has 1 unspecified atom stereocenters. The van der Waals surface area contributed by atoms with Gasteiger partial charge in [-0.05, 0) is 31.4 Å². The third-order valence-corrected chi connectivity index (χ3v) is 2.60. The van der Waals surface area contributed by atoms with Gasteiger partial charge in [0.15, 0.2) is 0 Å². The first-order valence-corrected chi connectivity index (χ1v) is 5.73. The molecule has 1 aromatic rings. The molecule has 0 bridgehead atoms. The summed E-state index contributed by atoms with van der Waals surface area (Å²) in [4.78, 5) is 14.7. The van der Waals surface area contributed by atoms with E-state index in [1.54, 1.807) is 6.20 Å². The average Bonchev–Trinajstić information content (AvgIpc) is 2.30. The van der Waals surface area contributed by atoms with Crippen molar-refractivity contribution in [3.8, 4) is 0 Å². The van der Waals surface area contributed by atoms with E-state index in [-0.39, 0.29) is 6.04 Å². The van der Waals surface area contributed by atoms with Crippen molar-refractivity contribution >= 4 is 5.97 Å². The highest BCUT2D eigenvalue weighted by Crippen LogP contribution is 2.06. The Kier molecular flexibility index (Phi) is 5.59. The van der Waals surface area contributed by atoms with Gasteiger partial charge in [-0.1, -0.05) is 6.07 Å². The fraction of sp³-hybridized carbons (Fsp3) is 0.500. The highest BCUT2D eigenvalue weighted by Gasteiger charge is 2.12. The Balaban J connectivity index is 2.22. The number of carbonyl (C=O) groups is 1. The summed E-state index contributed by atoms with van der Waals surface area (Å²) >= 11 is 0. The van der Waals surface area contributed by atoms with E-state index in [1.165, 1.54) is 0 Å².